The number of amides is 1. The fourth-order valence-electron chi connectivity index (χ4n) is 4.00. The summed E-state index contributed by atoms with van der Waals surface area (Å²) in [7, 11) is 4.42. The molecule has 8 heteroatoms. The van der Waals surface area contributed by atoms with Gasteiger partial charge in [-0.05, 0) is 23.6 Å². The Kier molecular flexibility index (Phi) is 6.49. The summed E-state index contributed by atoms with van der Waals surface area (Å²) in [5, 5.41) is 9.42. The molecule has 0 unspecified atom stereocenters. The van der Waals surface area contributed by atoms with Gasteiger partial charge in [0.15, 0.2) is 5.69 Å². The van der Waals surface area contributed by atoms with Gasteiger partial charge in [0.25, 0.3) is 0 Å². The van der Waals surface area contributed by atoms with Gasteiger partial charge in [-0.3, -0.25) is 4.79 Å². The molecule has 4 aromatic rings. The highest BCUT2D eigenvalue weighted by Gasteiger charge is 2.29. The molecule has 0 saturated carbocycles. The first-order valence-electron chi connectivity index (χ1n) is 10.6. The molecule has 174 valence electrons. The second kappa shape index (κ2) is 9.66. The summed E-state index contributed by atoms with van der Waals surface area (Å²) in [5.74, 6) is 0.198. The molecule has 34 heavy (non-hydrogen) atoms. The summed E-state index contributed by atoms with van der Waals surface area (Å²) in [4.78, 5) is 24.6. The van der Waals surface area contributed by atoms with E-state index in [0.29, 0.717) is 28.3 Å². The molecule has 0 aliphatic rings. The lowest BCUT2D eigenvalue weighted by Crippen LogP contribution is -2.21. The average Bonchev–Trinajstić information content (AvgIpc) is 3.24. The van der Waals surface area contributed by atoms with Gasteiger partial charge in [0, 0.05) is 24.4 Å². The first-order valence-corrected chi connectivity index (χ1v) is 10.6. The molecular weight excluding hydrogens is 434 g/mol. The van der Waals surface area contributed by atoms with Crippen molar-refractivity contribution >= 4 is 22.6 Å². The fraction of sp³-hybridized carbons (Fsp3) is 0.192. The highest BCUT2D eigenvalue weighted by Crippen LogP contribution is 2.42. The van der Waals surface area contributed by atoms with Crippen LogP contribution < -0.4 is 14.8 Å². The van der Waals surface area contributed by atoms with Gasteiger partial charge in [-0.25, -0.2) is 9.48 Å². The van der Waals surface area contributed by atoms with E-state index in [4.69, 9.17) is 14.2 Å². The molecule has 4 rings (SSSR count). The van der Waals surface area contributed by atoms with Gasteiger partial charge in [0.2, 0.25) is 5.91 Å². The van der Waals surface area contributed by atoms with Crippen LogP contribution >= 0.6 is 0 Å². The Bertz CT molecular complexity index is 1350. The zero-order valence-electron chi connectivity index (χ0n) is 19.4. The van der Waals surface area contributed by atoms with Crippen molar-refractivity contribution in [3.05, 3.63) is 71.9 Å². The van der Waals surface area contributed by atoms with Crippen LogP contribution in [-0.2, 0) is 16.1 Å². The van der Waals surface area contributed by atoms with Gasteiger partial charge in [-0.2, -0.15) is 5.10 Å². The van der Waals surface area contributed by atoms with Crippen molar-refractivity contribution in [2.24, 2.45) is 0 Å². The number of esters is 1. The van der Waals surface area contributed by atoms with Crippen molar-refractivity contribution in [1.29, 1.82) is 0 Å². The van der Waals surface area contributed by atoms with Crippen LogP contribution in [0.5, 0.6) is 11.5 Å². The van der Waals surface area contributed by atoms with Crippen molar-refractivity contribution in [1.82, 2.24) is 15.1 Å². The number of hydrogen-bond donors (Lipinski definition) is 1. The van der Waals surface area contributed by atoms with Crippen molar-refractivity contribution in [3.8, 4) is 28.4 Å². The Morgan fingerprint density at radius 3 is 2.21 bits per heavy atom. The van der Waals surface area contributed by atoms with Gasteiger partial charge in [0.1, 0.15) is 11.5 Å². The van der Waals surface area contributed by atoms with E-state index in [2.05, 4.69) is 10.4 Å². The number of carbonyl (C=O) groups excluding carboxylic acids is 2. The molecule has 0 aliphatic carbocycles. The first kappa shape index (κ1) is 22.8. The molecule has 0 radical (unpaired) electrons. The monoisotopic (exact) mass is 459 g/mol. The predicted octanol–water partition coefficient (Wildman–Crippen LogP) is 4.13. The van der Waals surface area contributed by atoms with Gasteiger partial charge < -0.3 is 19.5 Å². The molecule has 0 saturated heterocycles. The molecule has 0 bridgehead atoms. The number of carbonyl (C=O) groups is 2. The Morgan fingerprint density at radius 2 is 1.56 bits per heavy atom. The third-order valence-corrected chi connectivity index (χ3v) is 5.54. The number of methoxy groups -OCH3 is 3. The number of nitrogens with zero attached hydrogens (tertiary/aromatic N) is 2. The second-order valence-electron chi connectivity index (χ2n) is 7.52. The zero-order chi connectivity index (χ0) is 24.2. The average molecular weight is 460 g/mol. The lowest BCUT2D eigenvalue weighted by atomic mass is 10.0. The summed E-state index contributed by atoms with van der Waals surface area (Å²) in [6.45, 7) is 1.47. The van der Waals surface area contributed by atoms with E-state index in [1.54, 1.807) is 31.0 Å². The number of hydrogen-bond acceptors (Lipinski definition) is 6. The fourth-order valence-corrected chi connectivity index (χ4v) is 4.00. The lowest BCUT2D eigenvalue weighted by molar-refractivity contribution is -0.119. The highest BCUT2D eigenvalue weighted by molar-refractivity contribution is 5.95. The molecule has 8 nitrogen and oxygen atoms in total. The molecule has 1 amide bonds. The maximum Gasteiger partial charge on any atom is 0.358 e. The van der Waals surface area contributed by atoms with Crippen LogP contribution in [0.25, 0.3) is 27.7 Å². The van der Waals surface area contributed by atoms with E-state index < -0.39 is 5.97 Å². The molecule has 3 aromatic carbocycles. The summed E-state index contributed by atoms with van der Waals surface area (Å²) in [5.41, 5.74) is 2.48. The number of benzene rings is 3. The zero-order valence-corrected chi connectivity index (χ0v) is 19.4. The second-order valence-corrected chi connectivity index (χ2v) is 7.52. The van der Waals surface area contributed by atoms with Gasteiger partial charge in [-0.1, -0.05) is 42.5 Å². The maximum atomic E-state index is 12.8. The SMILES string of the molecule is COC(=O)c1nn(-c2cccc3ccccc23)c(-c2c(OC)cccc2OC)c1CNC(C)=O. The van der Waals surface area contributed by atoms with Crippen LogP contribution in [0.1, 0.15) is 23.0 Å². The Hall–Kier alpha value is -4.33. The summed E-state index contributed by atoms with van der Waals surface area (Å²) in [6, 6.07) is 19.2. The van der Waals surface area contributed by atoms with E-state index in [9.17, 15) is 9.59 Å². The first-order chi connectivity index (χ1) is 16.5. The molecule has 1 N–H and O–H groups in total. The predicted molar refractivity (Wildman–Crippen MR) is 128 cm³/mol. The Labute approximate surface area is 197 Å². The van der Waals surface area contributed by atoms with Gasteiger partial charge >= 0.3 is 5.97 Å². The van der Waals surface area contributed by atoms with E-state index >= 15 is 0 Å². The maximum absolute atomic E-state index is 12.8. The summed E-state index contributed by atoms with van der Waals surface area (Å²) < 4.78 is 18.1. The normalized spacial score (nSPS) is 10.7. The number of rotatable bonds is 7. The number of nitrogens with one attached hydrogen (secondary N) is 1. The Balaban J connectivity index is 2.14. The molecule has 1 aromatic heterocycles. The molecule has 1 heterocycles. The number of ether oxygens (including phenoxy) is 3. The third kappa shape index (κ3) is 4.05. The molecular formula is C26H25N3O5. The van der Waals surface area contributed by atoms with Crippen LogP contribution in [0.15, 0.2) is 60.7 Å². The largest absolute Gasteiger partial charge is 0.496 e. The third-order valence-electron chi connectivity index (χ3n) is 5.54. The minimum absolute atomic E-state index is 0.0566. The van der Waals surface area contributed by atoms with E-state index in [1.807, 2.05) is 48.5 Å². The van der Waals surface area contributed by atoms with E-state index in [-0.39, 0.29) is 18.1 Å². The van der Waals surface area contributed by atoms with Crippen LogP contribution in [-0.4, -0.2) is 43.0 Å². The van der Waals surface area contributed by atoms with Gasteiger partial charge in [-0.15, -0.1) is 0 Å². The standard InChI is InChI=1S/C26H25N3O5/c1-16(30)27-15-19-24(26(31)34-4)28-29(20-12-7-10-17-9-5-6-11-18(17)20)25(19)23-21(32-2)13-8-14-22(23)33-3/h5-14H,15H2,1-4H3,(H,27,30). The molecule has 0 spiro atoms. The number of aromatic nitrogens is 2. The Morgan fingerprint density at radius 1 is 0.912 bits per heavy atom. The molecule has 0 fully saturated rings. The van der Waals surface area contributed by atoms with Crippen molar-refractivity contribution < 1.29 is 23.8 Å². The highest BCUT2D eigenvalue weighted by atomic mass is 16.5. The van der Waals surface area contributed by atoms with E-state index in [0.717, 1.165) is 16.5 Å². The summed E-state index contributed by atoms with van der Waals surface area (Å²) in [6.07, 6.45) is 0. The van der Waals surface area contributed by atoms with Crippen LogP contribution in [0, 0.1) is 0 Å². The van der Waals surface area contributed by atoms with Crippen LogP contribution in [0.2, 0.25) is 0 Å². The van der Waals surface area contributed by atoms with Crippen molar-refractivity contribution in [3.63, 3.8) is 0 Å². The molecule has 0 aliphatic heterocycles. The summed E-state index contributed by atoms with van der Waals surface area (Å²) >= 11 is 0. The van der Waals surface area contributed by atoms with Crippen molar-refractivity contribution in [2.45, 2.75) is 13.5 Å². The smallest absolute Gasteiger partial charge is 0.358 e. The molecule has 0 atom stereocenters. The van der Waals surface area contributed by atoms with Crippen LogP contribution in [0.3, 0.4) is 0 Å². The topological polar surface area (TPSA) is 91.7 Å². The minimum atomic E-state index is -0.616. The minimum Gasteiger partial charge on any atom is -0.496 e. The number of fused-ring (bicyclic) bond motifs is 1. The quantitative estimate of drug-likeness (QED) is 0.418. The van der Waals surface area contributed by atoms with Crippen molar-refractivity contribution in [2.75, 3.05) is 21.3 Å². The van der Waals surface area contributed by atoms with Crippen LogP contribution in [0.4, 0.5) is 0 Å². The van der Waals surface area contributed by atoms with Gasteiger partial charge in [0.05, 0.1) is 38.3 Å². The van der Waals surface area contributed by atoms with E-state index in [1.165, 1.54) is 14.0 Å². The lowest BCUT2D eigenvalue weighted by Gasteiger charge is -2.17.